The van der Waals surface area contributed by atoms with Crippen LogP contribution in [-0.2, 0) is 17.5 Å². The van der Waals surface area contributed by atoms with Crippen LogP contribution in [0.5, 0.6) is 0 Å². The van der Waals surface area contributed by atoms with Gasteiger partial charge in [0.05, 0.1) is 5.56 Å². The molecule has 1 N–H and O–H groups in total. The van der Waals surface area contributed by atoms with E-state index in [1.54, 1.807) is 11.9 Å². The minimum absolute atomic E-state index is 0.144. The van der Waals surface area contributed by atoms with Crippen LogP contribution < -0.4 is 5.32 Å². The highest BCUT2D eigenvalue weighted by Crippen LogP contribution is 2.33. The van der Waals surface area contributed by atoms with Gasteiger partial charge in [-0.05, 0) is 38.0 Å². The second-order valence-electron chi connectivity index (χ2n) is 5.61. The maximum absolute atomic E-state index is 13.1. The molecule has 0 bridgehead atoms. The summed E-state index contributed by atoms with van der Waals surface area (Å²) in [6.07, 6.45) is -4.00. The zero-order valence-electron chi connectivity index (χ0n) is 12.8. The van der Waals surface area contributed by atoms with Crippen molar-refractivity contribution in [2.75, 3.05) is 5.75 Å². The van der Waals surface area contributed by atoms with Crippen molar-refractivity contribution in [1.29, 1.82) is 0 Å². The van der Waals surface area contributed by atoms with Crippen molar-refractivity contribution in [3.8, 4) is 0 Å². The number of rotatable bonds is 4. The second-order valence-corrected chi connectivity index (χ2v) is 6.70. The third-order valence-corrected chi connectivity index (χ3v) is 4.97. The molecular formula is C15H18F4N2OS. The summed E-state index contributed by atoms with van der Waals surface area (Å²) < 4.78 is 53.8. The minimum atomic E-state index is -4.66. The number of hydrogen-bond donors (Lipinski definition) is 1. The molecule has 23 heavy (non-hydrogen) atoms. The van der Waals surface area contributed by atoms with E-state index in [1.165, 1.54) is 0 Å². The van der Waals surface area contributed by atoms with Gasteiger partial charge in [0.15, 0.2) is 0 Å². The molecular weight excluding hydrogens is 332 g/mol. The van der Waals surface area contributed by atoms with E-state index in [9.17, 15) is 22.4 Å². The molecule has 1 unspecified atom stereocenters. The standard InChI is InChI=1S/C15H18F4N2OS/c1-9(2)21-13(5-6-23-21)14(22)20-8-10-3-4-11(16)7-12(10)15(17,18)19/h3-4,7,9,13H,5-6,8H2,1-2H3,(H,20,22). The quantitative estimate of drug-likeness (QED) is 0.665. The Labute approximate surface area is 136 Å². The molecule has 1 atom stereocenters. The van der Waals surface area contributed by atoms with Crippen LogP contribution in [0.3, 0.4) is 0 Å². The van der Waals surface area contributed by atoms with Gasteiger partial charge in [0.1, 0.15) is 11.9 Å². The molecule has 1 aromatic carbocycles. The van der Waals surface area contributed by atoms with Gasteiger partial charge in [-0.15, -0.1) is 0 Å². The minimum Gasteiger partial charge on any atom is -0.351 e. The molecule has 1 saturated heterocycles. The van der Waals surface area contributed by atoms with Crippen LogP contribution in [0.2, 0.25) is 0 Å². The van der Waals surface area contributed by atoms with Crippen molar-refractivity contribution < 1.29 is 22.4 Å². The van der Waals surface area contributed by atoms with Gasteiger partial charge in [-0.2, -0.15) is 13.2 Å². The van der Waals surface area contributed by atoms with Crippen LogP contribution in [0.4, 0.5) is 17.6 Å². The number of benzene rings is 1. The first-order chi connectivity index (χ1) is 10.7. The molecule has 1 aliphatic rings. The normalized spacial score (nSPS) is 19.3. The first-order valence-electron chi connectivity index (χ1n) is 7.24. The number of halogens is 4. The molecule has 0 spiro atoms. The molecule has 0 saturated carbocycles. The fourth-order valence-electron chi connectivity index (χ4n) is 2.51. The summed E-state index contributed by atoms with van der Waals surface area (Å²) in [5.74, 6) is -0.451. The number of carbonyl (C=O) groups excluding carboxylic acids is 1. The van der Waals surface area contributed by atoms with Gasteiger partial charge in [-0.25, -0.2) is 8.70 Å². The lowest BCUT2D eigenvalue weighted by molar-refractivity contribution is -0.138. The van der Waals surface area contributed by atoms with Crippen molar-refractivity contribution in [3.05, 3.63) is 35.1 Å². The molecule has 0 aliphatic carbocycles. The van der Waals surface area contributed by atoms with Crippen LogP contribution in [0.15, 0.2) is 18.2 Å². The SMILES string of the molecule is CC(C)N1SCCC1C(=O)NCc1ccc(F)cc1C(F)(F)F. The zero-order valence-corrected chi connectivity index (χ0v) is 13.6. The van der Waals surface area contributed by atoms with Gasteiger partial charge in [0.25, 0.3) is 0 Å². The smallest absolute Gasteiger partial charge is 0.351 e. The molecule has 1 amide bonds. The van der Waals surface area contributed by atoms with Crippen LogP contribution in [0.1, 0.15) is 31.4 Å². The van der Waals surface area contributed by atoms with Gasteiger partial charge >= 0.3 is 6.18 Å². The molecule has 2 rings (SSSR count). The van der Waals surface area contributed by atoms with Gasteiger partial charge in [-0.3, -0.25) is 4.79 Å². The third-order valence-electron chi connectivity index (χ3n) is 3.58. The molecule has 3 nitrogen and oxygen atoms in total. The maximum atomic E-state index is 13.1. The van der Waals surface area contributed by atoms with Gasteiger partial charge in [0.2, 0.25) is 5.91 Å². The van der Waals surface area contributed by atoms with Gasteiger partial charge < -0.3 is 5.32 Å². The van der Waals surface area contributed by atoms with E-state index >= 15 is 0 Å². The summed E-state index contributed by atoms with van der Waals surface area (Å²) >= 11 is 1.56. The van der Waals surface area contributed by atoms with Crippen molar-refractivity contribution in [2.24, 2.45) is 0 Å². The summed E-state index contributed by atoms with van der Waals surface area (Å²) in [6.45, 7) is 3.64. The largest absolute Gasteiger partial charge is 0.416 e. The number of carbonyl (C=O) groups is 1. The summed E-state index contributed by atoms with van der Waals surface area (Å²) in [5, 5.41) is 2.54. The number of alkyl halides is 3. The highest BCUT2D eigenvalue weighted by Gasteiger charge is 2.35. The molecule has 0 aromatic heterocycles. The Morgan fingerprint density at radius 3 is 2.74 bits per heavy atom. The van der Waals surface area contributed by atoms with E-state index in [4.69, 9.17) is 0 Å². The molecule has 1 heterocycles. The van der Waals surface area contributed by atoms with Gasteiger partial charge in [-0.1, -0.05) is 18.0 Å². The van der Waals surface area contributed by atoms with E-state index < -0.39 is 17.6 Å². The lowest BCUT2D eigenvalue weighted by Gasteiger charge is -2.26. The second kappa shape index (κ2) is 7.09. The summed E-state index contributed by atoms with van der Waals surface area (Å²) in [4.78, 5) is 12.2. The van der Waals surface area contributed by atoms with Crippen molar-refractivity contribution in [2.45, 2.75) is 45.1 Å². The van der Waals surface area contributed by atoms with E-state index in [0.29, 0.717) is 12.5 Å². The lowest BCUT2D eigenvalue weighted by atomic mass is 10.1. The van der Waals surface area contributed by atoms with Crippen LogP contribution in [0.25, 0.3) is 0 Å². The summed E-state index contributed by atoms with van der Waals surface area (Å²) in [5.41, 5.74) is -1.20. The number of amides is 1. The van der Waals surface area contributed by atoms with E-state index in [1.807, 2.05) is 18.2 Å². The number of nitrogens with one attached hydrogen (secondary N) is 1. The van der Waals surface area contributed by atoms with Crippen molar-refractivity contribution in [3.63, 3.8) is 0 Å². The van der Waals surface area contributed by atoms with E-state index in [2.05, 4.69) is 5.32 Å². The molecule has 1 aromatic rings. The Balaban J connectivity index is 2.08. The Kier molecular flexibility index (Phi) is 5.57. The lowest BCUT2D eigenvalue weighted by Crippen LogP contribution is -2.43. The van der Waals surface area contributed by atoms with E-state index in [-0.39, 0.29) is 30.1 Å². The fraction of sp³-hybridized carbons (Fsp3) is 0.533. The van der Waals surface area contributed by atoms with Crippen LogP contribution in [0, 0.1) is 5.82 Å². The molecule has 1 fully saturated rings. The average molecular weight is 350 g/mol. The van der Waals surface area contributed by atoms with Crippen LogP contribution >= 0.6 is 11.9 Å². The van der Waals surface area contributed by atoms with Gasteiger partial charge in [0, 0.05) is 18.3 Å². The molecule has 1 aliphatic heterocycles. The Morgan fingerprint density at radius 1 is 1.43 bits per heavy atom. The number of hydrogen-bond acceptors (Lipinski definition) is 3. The summed E-state index contributed by atoms with van der Waals surface area (Å²) in [7, 11) is 0. The maximum Gasteiger partial charge on any atom is 0.416 e. The van der Waals surface area contributed by atoms with Crippen molar-refractivity contribution >= 4 is 17.9 Å². The molecule has 128 valence electrons. The molecule has 0 radical (unpaired) electrons. The first-order valence-corrected chi connectivity index (χ1v) is 8.19. The Hall–Kier alpha value is -1.28. The highest BCUT2D eigenvalue weighted by molar-refractivity contribution is 7.97. The number of nitrogens with zero attached hydrogens (tertiary/aromatic N) is 1. The summed E-state index contributed by atoms with van der Waals surface area (Å²) in [6, 6.07) is 2.28. The highest BCUT2D eigenvalue weighted by atomic mass is 32.2. The Bertz CT molecular complexity index is 577. The topological polar surface area (TPSA) is 32.3 Å². The Morgan fingerprint density at radius 2 is 2.13 bits per heavy atom. The fourth-order valence-corrected chi connectivity index (χ4v) is 3.73. The first kappa shape index (κ1) is 18.1. The molecule has 8 heteroatoms. The zero-order chi connectivity index (χ0) is 17.2. The van der Waals surface area contributed by atoms with E-state index in [0.717, 1.165) is 17.9 Å². The third kappa shape index (κ3) is 4.38. The monoisotopic (exact) mass is 350 g/mol. The average Bonchev–Trinajstić information content (AvgIpc) is 2.94. The van der Waals surface area contributed by atoms with Crippen LogP contribution in [-0.4, -0.2) is 28.0 Å². The predicted molar refractivity (Wildman–Crippen MR) is 81.1 cm³/mol. The predicted octanol–water partition coefficient (Wildman–Crippen LogP) is 3.59. The van der Waals surface area contributed by atoms with Crippen molar-refractivity contribution in [1.82, 2.24) is 9.62 Å².